The average Bonchev–Trinajstić information content (AvgIpc) is 2.28. The van der Waals surface area contributed by atoms with Gasteiger partial charge >= 0.3 is 0 Å². The van der Waals surface area contributed by atoms with Crippen molar-refractivity contribution in [2.24, 2.45) is 5.73 Å². The van der Waals surface area contributed by atoms with Crippen LogP contribution in [0.4, 0.5) is 0 Å². The molecule has 4 N–H and O–H groups in total. The Kier molecular flexibility index (Phi) is 4.74. The van der Waals surface area contributed by atoms with Crippen LogP contribution in [0, 0.1) is 5.41 Å². The van der Waals surface area contributed by atoms with Crippen LogP contribution in [0.1, 0.15) is 0 Å². The van der Waals surface area contributed by atoms with Crippen LogP contribution in [0.3, 0.4) is 0 Å². The molecule has 1 rings (SSSR count). The Bertz CT molecular complexity index is 242. The number of nitrogens with one attached hydrogen (secondary N) is 1. The highest BCUT2D eigenvalue weighted by Gasteiger charge is 2.23. The van der Waals surface area contributed by atoms with Crippen LogP contribution >= 0.6 is 0 Å². The van der Waals surface area contributed by atoms with Gasteiger partial charge in [0, 0.05) is 38.4 Å². The van der Waals surface area contributed by atoms with E-state index in [1.165, 1.54) is 12.4 Å². The molecular formula is C10H20N4O. The highest BCUT2D eigenvalue weighted by molar-refractivity contribution is 5.75. The van der Waals surface area contributed by atoms with E-state index in [2.05, 4.69) is 9.80 Å². The number of aliphatic hydroxyl groups is 1. The second kappa shape index (κ2) is 5.85. The molecule has 0 spiro atoms. The van der Waals surface area contributed by atoms with Gasteiger partial charge in [-0.05, 0) is 18.8 Å². The molecule has 0 bridgehead atoms. The number of piperazine rings is 1. The summed E-state index contributed by atoms with van der Waals surface area (Å²) in [6.07, 6.45) is 2.76. The van der Waals surface area contributed by atoms with E-state index in [0.717, 1.165) is 25.2 Å². The third kappa shape index (κ3) is 3.30. The van der Waals surface area contributed by atoms with Crippen molar-refractivity contribution in [2.75, 3.05) is 39.8 Å². The first-order chi connectivity index (χ1) is 7.21. The lowest BCUT2D eigenvalue weighted by atomic mass is 10.1. The molecule has 0 saturated carbocycles. The van der Waals surface area contributed by atoms with Gasteiger partial charge < -0.3 is 16.2 Å². The van der Waals surface area contributed by atoms with Crippen molar-refractivity contribution in [1.82, 2.24) is 9.80 Å². The summed E-state index contributed by atoms with van der Waals surface area (Å²) in [6, 6.07) is 0.198. The first-order valence-electron chi connectivity index (χ1n) is 5.16. The monoisotopic (exact) mass is 212 g/mol. The fourth-order valence-corrected chi connectivity index (χ4v) is 1.76. The Morgan fingerprint density at radius 2 is 2.33 bits per heavy atom. The summed E-state index contributed by atoms with van der Waals surface area (Å²) in [5.74, 6) is 0. The van der Waals surface area contributed by atoms with Crippen molar-refractivity contribution in [1.29, 1.82) is 5.41 Å². The molecule has 1 aliphatic rings. The lowest BCUT2D eigenvalue weighted by Gasteiger charge is -2.38. The summed E-state index contributed by atoms with van der Waals surface area (Å²) in [7, 11) is 2.02. The van der Waals surface area contributed by atoms with Crippen LogP contribution in [-0.2, 0) is 0 Å². The summed E-state index contributed by atoms with van der Waals surface area (Å²) in [5, 5.41) is 16.3. The summed E-state index contributed by atoms with van der Waals surface area (Å²) < 4.78 is 0. The van der Waals surface area contributed by atoms with E-state index in [0.29, 0.717) is 6.54 Å². The molecule has 0 aromatic carbocycles. The molecule has 5 heteroatoms. The first-order valence-corrected chi connectivity index (χ1v) is 5.16. The van der Waals surface area contributed by atoms with E-state index in [1.54, 1.807) is 0 Å². The fraction of sp³-hybridized carbons (Fsp3) is 0.700. The van der Waals surface area contributed by atoms with E-state index in [4.69, 9.17) is 11.1 Å². The number of rotatable bonds is 4. The van der Waals surface area contributed by atoms with Gasteiger partial charge in [0.15, 0.2) is 0 Å². The van der Waals surface area contributed by atoms with Crippen LogP contribution < -0.4 is 5.73 Å². The average molecular weight is 212 g/mol. The zero-order valence-corrected chi connectivity index (χ0v) is 9.19. The van der Waals surface area contributed by atoms with E-state index >= 15 is 0 Å². The maximum atomic E-state index is 9.18. The highest BCUT2D eigenvalue weighted by Crippen LogP contribution is 2.08. The molecule has 0 aromatic heterocycles. The predicted molar refractivity (Wildman–Crippen MR) is 61.0 cm³/mol. The molecule has 0 aromatic rings. The van der Waals surface area contributed by atoms with Crippen LogP contribution in [0.15, 0.2) is 11.8 Å². The van der Waals surface area contributed by atoms with E-state index < -0.39 is 0 Å². The first kappa shape index (κ1) is 12.2. The second-order valence-electron chi connectivity index (χ2n) is 3.94. The lowest BCUT2D eigenvalue weighted by Crippen LogP contribution is -2.53. The Morgan fingerprint density at radius 1 is 1.60 bits per heavy atom. The van der Waals surface area contributed by atoms with Gasteiger partial charge in [-0.3, -0.25) is 9.80 Å². The normalized spacial score (nSPS) is 25.5. The fourth-order valence-electron chi connectivity index (χ4n) is 1.76. The van der Waals surface area contributed by atoms with Gasteiger partial charge in [-0.1, -0.05) is 0 Å². The molecule has 0 aliphatic carbocycles. The van der Waals surface area contributed by atoms with Crippen molar-refractivity contribution < 1.29 is 5.11 Å². The Morgan fingerprint density at radius 3 is 2.87 bits per heavy atom. The van der Waals surface area contributed by atoms with E-state index in [1.807, 2.05) is 7.05 Å². The molecule has 15 heavy (non-hydrogen) atoms. The number of nitrogens with zero attached hydrogens (tertiary/aromatic N) is 2. The van der Waals surface area contributed by atoms with E-state index in [9.17, 15) is 5.11 Å². The maximum Gasteiger partial charge on any atom is 0.0599 e. The predicted octanol–water partition coefficient (Wildman–Crippen LogP) is -0.913. The molecule has 1 saturated heterocycles. The van der Waals surface area contributed by atoms with Gasteiger partial charge in [-0.15, -0.1) is 0 Å². The van der Waals surface area contributed by atoms with Gasteiger partial charge in [0.25, 0.3) is 0 Å². The standard InChI is InChI=1S/C10H20N4O/c1-13-2-3-14(7-10(13)8-15)6-9(4-11)5-12/h4-5,10-11,15H,2-3,6-8,12H2,1H3/b9-5+,11-4?. The zero-order valence-electron chi connectivity index (χ0n) is 9.19. The molecule has 1 unspecified atom stereocenters. The Labute approximate surface area is 90.7 Å². The summed E-state index contributed by atoms with van der Waals surface area (Å²) in [6.45, 7) is 3.61. The van der Waals surface area contributed by atoms with Crippen LogP contribution in [0.5, 0.6) is 0 Å². The van der Waals surface area contributed by atoms with Gasteiger partial charge in [-0.2, -0.15) is 0 Å². The number of likely N-dealkylation sites (N-methyl/N-ethyl adjacent to an activating group) is 1. The van der Waals surface area contributed by atoms with Crippen LogP contribution in [0.2, 0.25) is 0 Å². The van der Waals surface area contributed by atoms with Crippen LogP contribution in [-0.4, -0.2) is 67.0 Å². The second-order valence-corrected chi connectivity index (χ2v) is 3.94. The van der Waals surface area contributed by atoms with Crippen molar-refractivity contribution >= 4 is 6.21 Å². The van der Waals surface area contributed by atoms with Gasteiger partial charge in [0.05, 0.1) is 6.61 Å². The van der Waals surface area contributed by atoms with Crippen molar-refractivity contribution in [3.63, 3.8) is 0 Å². The lowest BCUT2D eigenvalue weighted by molar-refractivity contribution is 0.0629. The highest BCUT2D eigenvalue weighted by atomic mass is 16.3. The Balaban J connectivity index is 2.48. The molecule has 1 aliphatic heterocycles. The summed E-state index contributed by atoms with van der Waals surface area (Å²) >= 11 is 0. The van der Waals surface area contributed by atoms with Crippen molar-refractivity contribution in [2.45, 2.75) is 6.04 Å². The zero-order chi connectivity index (χ0) is 11.3. The minimum atomic E-state index is 0.180. The number of hydrogen-bond acceptors (Lipinski definition) is 5. The molecule has 1 heterocycles. The van der Waals surface area contributed by atoms with Crippen molar-refractivity contribution in [3.05, 3.63) is 11.8 Å². The van der Waals surface area contributed by atoms with Gasteiger partial charge in [0.1, 0.15) is 0 Å². The third-order valence-electron chi connectivity index (χ3n) is 2.88. The number of aliphatic hydroxyl groups excluding tert-OH is 1. The van der Waals surface area contributed by atoms with E-state index in [-0.39, 0.29) is 12.6 Å². The minimum absolute atomic E-state index is 0.180. The molecule has 0 amide bonds. The van der Waals surface area contributed by atoms with Crippen LogP contribution in [0.25, 0.3) is 0 Å². The van der Waals surface area contributed by atoms with Gasteiger partial charge in [0.2, 0.25) is 0 Å². The SMILES string of the molecule is CN1CCN(C/C(C=N)=C/N)CC1CO. The molecule has 0 radical (unpaired) electrons. The molecule has 86 valence electrons. The summed E-state index contributed by atoms with van der Waals surface area (Å²) in [4.78, 5) is 4.37. The quantitative estimate of drug-likeness (QED) is 0.527. The molecular weight excluding hydrogens is 192 g/mol. The number of nitrogens with two attached hydrogens (primary N) is 1. The molecule has 1 fully saturated rings. The topological polar surface area (TPSA) is 76.6 Å². The number of hydrogen-bond donors (Lipinski definition) is 3. The third-order valence-corrected chi connectivity index (χ3v) is 2.88. The van der Waals surface area contributed by atoms with Crippen molar-refractivity contribution in [3.8, 4) is 0 Å². The Hall–Kier alpha value is -0.910. The smallest absolute Gasteiger partial charge is 0.0599 e. The van der Waals surface area contributed by atoms with Gasteiger partial charge in [-0.25, -0.2) is 0 Å². The summed E-state index contributed by atoms with van der Waals surface area (Å²) in [5.41, 5.74) is 6.21. The molecule has 5 nitrogen and oxygen atoms in total. The molecule has 1 atom stereocenters. The maximum absolute atomic E-state index is 9.18. The largest absolute Gasteiger partial charge is 0.404 e. The minimum Gasteiger partial charge on any atom is -0.404 e.